The zero-order valence-electron chi connectivity index (χ0n) is 11.9. The number of hydrogen-bond donors (Lipinski definition) is 2. The van der Waals surface area contributed by atoms with Gasteiger partial charge in [0.15, 0.2) is 0 Å². The summed E-state index contributed by atoms with van der Waals surface area (Å²) in [4.78, 5) is 12.0. The molecule has 0 fully saturated rings. The van der Waals surface area contributed by atoms with Crippen molar-refractivity contribution in [2.24, 2.45) is 5.73 Å². The first-order valence-electron chi connectivity index (χ1n) is 6.44. The van der Waals surface area contributed by atoms with Crippen molar-refractivity contribution in [1.29, 1.82) is 0 Å². The van der Waals surface area contributed by atoms with Crippen molar-refractivity contribution in [2.75, 3.05) is 12.4 Å². The summed E-state index contributed by atoms with van der Waals surface area (Å²) in [5.74, 6) is 0.299. The zero-order chi connectivity index (χ0) is 15.5. The summed E-state index contributed by atoms with van der Waals surface area (Å²) < 4.78 is 5.95. The maximum atomic E-state index is 12.0. The van der Waals surface area contributed by atoms with Crippen molar-refractivity contribution in [3.8, 4) is 5.75 Å². The van der Waals surface area contributed by atoms with Gasteiger partial charge < -0.3 is 15.8 Å². The van der Waals surface area contributed by atoms with E-state index in [0.717, 1.165) is 21.5 Å². The molecule has 2 rings (SSSR count). The predicted molar refractivity (Wildman–Crippen MR) is 87.3 cm³/mol. The molecule has 0 aliphatic rings. The van der Waals surface area contributed by atoms with Crippen LogP contribution in [0.4, 0.5) is 5.69 Å². The molecule has 0 saturated carbocycles. The highest BCUT2D eigenvalue weighted by molar-refractivity contribution is 9.10. The number of benzene rings is 2. The SMILES string of the molecule is COc1ccc(NC(C)(C(N)=O)c2ccccc2Br)cc1. The minimum atomic E-state index is -1.02. The molecule has 0 spiro atoms. The van der Waals surface area contributed by atoms with Gasteiger partial charge in [0.2, 0.25) is 5.91 Å². The van der Waals surface area contributed by atoms with Crippen LogP contribution in [0.1, 0.15) is 12.5 Å². The predicted octanol–water partition coefficient (Wildman–Crippen LogP) is 3.27. The van der Waals surface area contributed by atoms with Gasteiger partial charge in [0.25, 0.3) is 0 Å². The largest absolute Gasteiger partial charge is 0.497 e. The highest BCUT2D eigenvalue weighted by Gasteiger charge is 2.34. The summed E-state index contributed by atoms with van der Waals surface area (Å²) in [7, 11) is 1.61. The number of nitrogens with two attached hydrogens (primary N) is 1. The Morgan fingerprint density at radius 2 is 1.81 bits per heavy atom. The molecular weight excluding hydrogens is 332 g/mol. The lowest BCUT2D eigenvalue weighted by Gasteiger charge is -2.30. The average molecular weight is 349 g/mol. The summed E-state index contributed by atoms with van der Waals surface area (Å²) in [6.07, 6.45) is 0. The average Bonchev–Trinajstić information content (AvgIpc) is 2.48. The van der Waals surface area contributed by atoms with Gasteiger partial charge in [0.1, 0.15) is 11.3 Å². The Morgan fingerprint density at radius 1 is 1.19 bits per heavy atom. The maximum absolute atomic E-state index is 12.0. The Hall–Kier alpha value is -2.01. The van der Waals surface area contributed by atoms with E-state index in [0.29, 0.717) is 0 Å². The van der Waals surface area contributed by atoms with Crippen LogP contribution in [0.2, 0.25) is 0 Å². The fourth-order valence-corrected chi connectivity index (χ4v) is 2.77. The zero-order valence-corrected chi connectivity index (χ0v) is 13.5. The third-order valence-electron chi connectivity index (χ3n) is 3.39. The first kappa shape index (κ1) is 15.4. The number of amides is 1. The van der Waals surface area contributed by atoms with E-state index in [9.17, 15) is 4.79 Å². The van der Waals surface area contributed by atoms with Gasteiger partial charge in [-0.3, -0.25) is 4.79 Å². The Balaban J connectivity index is 2.38. The molecule has 5 heteroatoms. The van der Waals surface area contributed by atoms with Crippen molar-refractivity contribution in [1.82, 2.24) is 0 Å². The van der Waals surface area contributed by atoms with Crippen LogP contribution >= 0.6 is 15.9 Å². The van der Waals surface area contributed by atoms with E-state index in [4.69, 9.17) is 10.5 Å². The molecule has 0 radical (unpaired) electrons. The fraction of sp³-hybridized carbons (Fsp3) is 0.188. The maximum Gasteiger partial charge on any atom is 0.247 e. The molecule has 0 heterocycles. The van der Waals surface area contributed by atoms with E-state index in [-0.39, 0.29) is 0 Å². The molecule has 4 nitrogen and oxygen atoms in total. The summed E-state index contributed by atoms with van der Waals surface area (Å²) in [6, 6.07) is 14.8. The summed E-state index contributed by atoms with van der Waals surface area (Å²) in [6.45, 7) is 1.76. The number of anilines is 1. The van der Waals surface area contributed by atoms with Crippen LogP contribution in [0.25, 0.3) is 0 Å². The van der Waals surface area contributed by atoms with Crippen molar-refractivity contribution < 1.29 is 9.53 Å². The molecule has 2 aromatic carbocycles. The highest BCUT2D eigenvalue weighted by atomic mass is 79.9. The lowest BCUT2D eigenvalue weighted by molar-refractivity contribution is -0.122. The van der Waals surface area contributed by atoms with Crippen LogP contribution in [0, 0.1) is 0 Å². The lowest BCUT2D eigenvalue weighted by atomic mass is 9.91. The number of methoxy groups -OCH3 is 1. The van der Waals surface area contributed by atoms with Gasteiger partial charge >= 0.3 is 0 Å². The van der Waals surface area contributed by atoms with Crippen LogP contribution in [0.15, 0.2) is 53.0 Å². The van der Waals surface area contributed by atoms with Crippen LogP contribution in [0.5, 0.6) is 5.75 Å². The number of nitrogens with one attached hydrogen (secondary N) is 1. The Kier molecular flexibility index (Phi) is 4.53. The number of primary amides is 1. The van der Waals surface area contributed by atoms with E-state index in [1.54, 1.807) is 14.0 Å². The van der Waals surface area contributed by atoms with Gasteiger partial charge in [-0.15, -0.1) is 0 Å². The van der Waals surface area contributed by atoms with Crippen molar-refractivity contribution in [3.05, 3.63) is 58.6 Å². The molecule has 0 saturated heterocycles. The van der Waals surface area contributed by atoms with Gasteiger partial charge in [-0.25, -0.2) is 0 Å². The number of rotatable bonds is 5. The van der Waals surface area contributed by atoms with Gasteiger partial charge in [-0.05, 0) is 37.3 Å². The number of ether oxygens (including phenoxy) is 1. The van der Waals surface area contributed by atoms with Crippen molar-refractivity contribution >= 4 is 27.5 Å². The molecule has 1 amide bonds. The second kappa shape index (κ2) is 6.18. The molecule has 21 heavy (non-hydrogen) atoms. The molecule has 0 aliphatic heterocycles. The highest BCUT2D eigenvalue weighted by Crippen LogP contribution is 2.32. The molecule has 1 atom stereocenters. The minimum absolute atomic E-state index is 0.454. The van der Waals surface area contributed by atoms with E-state index in [2.05, 4.69) is 21.2 Å². The number of carbonyl (C=O) groups is 1. The molecule has 110 valence electrons. The van der Waals surface area contributed by atoms with E-state index in [1.165, 1.54) is 0 Å². The number of carbonyl (C=O) groups excluding carboxylic acids is 1. The molecule has 2 aromatic rings. The Bertz CT molecular complexity index is 643. The molecule has 0 aromatic heterocycles. The Morgan fingerprint density at radius 3 is 2.33 bits per heavy atom. The topological polar surface area (TPSA) is 64.3 Å². The summed E-state index contributed by atoms with van der Waals surface area (Å²) in [5, 5.41) is 3.20. The van der Waals surface area contributed by atoms with Crippen LogP contribution in [-0.4, -0.2) is 13.0 Å². The van der Waals surface area contributed by atoms with Gasteiger partial charge in [0.05, 0.1) is 7.11 Å². The molecule has 1 unspecified atom stereocenters. The third-order valence-corrected chi connectivity index (χ3v) is 4.08. The minimum Gasteiger partial charge on any atom is -0.497 e. The lowest BCUT2D eigenvalue weighted by Crippen LogP contribution is -2.45. The van der Waals surface area contributed by atoms with Gasteiger partial charge in [0, 0.05) is 15.7 Å². The van der Waals surface area contributed by atoms with Crippen molar-refractivity contribution in [3.63, 3.8) is 0 Å². The molecule has 3 N–H and O–H groups in total. The van der Waals surface area contributed by atoms with Gasteiger partial charge in [-0.1, -0.05) is 34.1 Å². The first-order chi connectivity index (χ1) is 9.97. The second-order valence-electron chi connectivity index (χ2n) is 4.82. The number of halogens is 1. The second-order valence-corrected chi connectivity index (χ2v) is 5.68. The Labute approximate surface area is 132 Å². The monoisotopic (exact) mass is 348 g/mol. The number of hydrogen-bond acceptors (Lipinski definition) is 3. The van der Waals surface area contributed by atoms with E-state index in [1.807, 2.05) is 48.5 Å². The standard InChI is InChI=1S/C16H17BrN2O2/c1-16(15(18)20,13-5-3-4-6-14(13)17)19-11-7-9-12(21-2)10-8-11/h3-10,19H,1-2H3,(H2,18,20). The third kappa shape index (κ3) is 3.19. The smallest absolute Gasteiger partial charge is 0.247 e. The fourth-order valence-electron chi connectivity index (χ4n) is 2.09. The molecular formula is C16H17BrN2O2. The van der Waals surface area contributed by atoms with Crippen molar-refractivity contribution in [2.45, 2.75) is 12.5 Å². The molecule has 0 bridgehead atoms. The quantitative estimate of drug-likeness (QED) is 0.871. The first-order valence-corrected chi connectivity index (χ1v) is 7.24. The summed E-state index contributed by atoms with van der Waals surface area (Å²) >= 11 is 3.47. The molecule has 0 aliphatic carbocycles. The normalized spacial score (nSPS) is 13.3. The van der Waals surface area contributed by atoms with Crippen LogP contribution in [0.3, 0.4) is 0 Å². The van der Waals surface area contributed by atoms with Crippen LogP contribution in [-0.2, 0) is 10.3 Å². The van der Waals surface area contributed by atoms with E-state index < -0.39 is 11.4 Å². The van der Waals surface area contributed by atoms with Crippen LogP contribution < -0.4 is 15.8 Å². The van der Waals surface area contributed by atoms with E-state index >= 15 is 0 Å². The van der Waals surface area contributed by atoms with Gasteiger partial charge in [-0.2, -0.15) is 0 Å². The summed E-state index contributed by atoms with van der Waals surface area (Å²) in [5.41, 5.74) is 6.18.